The van der Waals surface area contributed by atoms with Gasteiger partial charge in [-0.3, -0.25) is 0 Å². The number of hydrogen-bond acceptors (Lipinski definition) is 3. The first-order valence-electron chi connectivity index (χ1n) is 8.44. The van der Waals surface area contributed by atoms with Crippen LogP contribution in [0.2, 0.25) is 0 Å². The molecular weight excluding hydrogens is 272 g/mol. The van der Waals surface area contributed by atoms with Gasteiger partial charge >= 0.3 is 0 Å². The maximum atomic E-state index is 4.31. The zero-order valence-corrected chi connectivity index (χ0v) is 13.6. The van der Waals surface area contributed by atoms with Crippen molar-refractivity contribution < 1.29 is 0 Å². The van der Waals surface area contributed by atoms with E-state index in [1.54, 1.807) is 0 Å². The van der Waals surface area contributed by atoms with Crippen LogP contribution in [-0.4, -0.2) is 20.8 Å². The molecule has 3 rings (SSSR count). The van der Waals surface area contributed by atoms with Gasteiger partial charge in [0.1, 0.15) is 11.6 Å². The van der Waals surface area contributed by atoms with E-state index in [2.05, 4.69) is 57.3 Å². The molecule has 0 unspecified atom stereocenters. The molecule has 2 aromatic rings. The zero-order chi connectivity index (χ0) is 15.4. The second kappa shape index (κ2) is 7.05. The molecule has 1 aliphatic carbocycles. The van der Waals surface area contributed by atoms with E-state index in [0.717, 1.165) is 30.7 Å². The van der Waals surface area contributed by atoms with Crippen molar-refractivity contribution in [1.82, 2.24) is 20.1 Å². The third kappa shape index (κ3) is 3.38. The van der Waals surface area contributed by atoms with Crippen LogP contribution in [-0.2, 0) is 19.5 Å². The lowest BCUT2D eigenvalue weighted by atomic mass is 9.94. The first-order valence-corrected chi connectivity index (χ1v) is 8.44. The third-order valence-electron chi connectivity index (χ3n) is 4.85. The summed E-state index contributed by atoms with van der Waals surface area (Å²) in [6.07, 6.45) is 5.11. The molecule has 1 fully saturated rings. The van der Waals surface area contributed by atoms with Crippen molar-refractivity contribution in [1.29, 1.82) is 0 Å². The molecule has 4 nitrogen and oxygen atoms in total. The van der Waals surface area contributed by atoms with Crippen LogP contribution in [0.5, 0.6) is 0 Å². The summed E-state index contributed by atoms with van der Waals surface area (Å²) in [5.74, 6) is 2.80. The number of aryl methyl sites for hydroxylation is 1. The number of rotatable bonds is 6. The number of hydrogen-bond donors (Lipinski definition) is 1. The Morgan fingerprint density at radius 3 is 2.77 bits per heavy atom. The van der Waals surface area contributed by atoms with Crippen LogP contribution in [0.1, 0.15) is 43.4 Å². The van der Waals surface area contributed by atoms with E-state index in [-0.39, 0.29) is 0 Å². The smallest absolute Gasteiger partial charge is 0.146 e. The standard InChI is InChI=1S/C18H26N4/c1-3-22-14(2)20-21-18(22)13-19-17-11-7-10-16(17)12-15-8-5-4-6-9-15/h4-6,8-9,16-17,19H,3,7,10-13H2,1-2H3/t16-,17-/m0/s1. The number of nitrogens with one attached hydrogen (secondary N) is 1. The molecule has 0 amide bonds. The highest BCUT2D eigenvalue weighted by molar-refractivity contribution is 5.16. The van der Waals surface area contributed by atoms with Crippen molar-refractivity contribution in [2.45, 2.75) is 58.7 Å². The molecule has 1 aromatic heterocycles. The van der Waals surface area contributed by atoms with E-state index in [4.69, 9.17) is 0 Å². The molecule has 1 aromatic carbocycles. The maximum absolute atomic E-state index is 4.31. The molecule has 1 N–H and O–H groups in total. The molecule has 0 aliphatic heterocycles. The number of aromatic nitrogens is 3. The SMILES string of the molecule is CCn1c(C)nnc1CN[C@H]1CCC[C@H]1Cc1ccccc1. The van der Waals surface area contributed by atoms with Crippen molar-refractivity contribution in [3.63, 3.8) is 0 Å². The highest BCUT2D eigenvalue weighted by Crippen LogP contribution is 2.29. The highest BCUT2D eigenvalue weighted by atomic mass is 15.3. The zero-order valence-electron chi connectivity index (χ0n) is 13.6. The van der Waals surface area contributed by atoms with Crippen molar-refractivity contribution >= 4 is 0 Å². The molecule has 4 heteroatoms. The summed E-state index contributed by atoms with van der Waals surface area (Å²) in [5.41, 5.74) is 1.45. The van der Waals surface area contributed by atoms with Gasteiger partial charge in [-0.15, -0.1) is 10.2 Å². The molecule has 22 heavy (non-hydrogen) atoms. The molecule has 1 heterocycles. The summed E-state index contributed by atoms with van der Waals surface area (Å²) >= 11 is 0. The quantitative estimate of drug-likeness (QED) is 0.891. The van der Waals surface area contributed by atoms with Crippen molar-refractivity contribution in [3.8, 4) is 0 Å². The largest absolute Gasteiger partial charge is 0.314 e. The van der Waals surface area contributed by atoms with E-state index < -0.39 is 0 Å². The lowest BCUT2D eigenvalue weighted by Crippen LogP contribution is -2.33. The summed E-state index contributed by atoms with van der Waals surface area (Å²) in [6.45, 7) is 5.93. The van der Waals surface area contributed by atoms with E-state index in [1.807, 2.05) is 6.92 Å². The first-order chi connectivity index (χ1) is 10.8. The molecule has 1 saturated carbocycles. The Labute approximate surface area is 133 Å². The van der Waals surface area contributed by atoms with E-state index in [0.29, 0.717) is 6.04 Å². The van der Waals surface area contributed by atoms with Crippen molar-refractivity contribution in [2.75, 3.05) is 0 Å². The molecule has 118 valence electrons. The van der Waals surface area contributed by atoms with Gasteiger partial charge in [-0.2, -0.15) is 0 Å². The third-order valence-corrected chi connectivity index (χ3v) is 4.85. The first kappa shape index (κ1) is 15.2. The summed E-state index contributed by atoms with van der Waals surface area (Å²) in [7, 11) is 0. The summed E-state index contributed by atoms with van der Waals surface area (Å²) in [5, 5.41) is 12.2. The maximum Gasteiger partial charge on any atom is 0.146 e. The van der Waals surface area contributed by atoms with Crippen molar-refractivity contribution in [2.24, 2.45) is 5.92 Å². The monoisotopic (exact) mass is 298 g/mol. The number of benzene rings is 1. The van der Waals surface area contributed by atoms with Crippen LogP contribution >= 0.6 is 0 Å². The lowest BCUT2D eigenvalue weighted by molar-refractivity contribution is 0.389. The minimum absolute atomic E-state index is 0.600. The van der Waals surface area contributed by atoms with Crippen LogP contribution in [0.4, 0.5) is 0 Å². The Morgan fingerprint density at radius 1 is 1.18 bits per heavy atom. The summed E-state index contributed by atoms with van der Waals surface area (Å²) in [6, 6.07) is 11.5. The van der Waals surface area contributed by atoms with Gasteiger partial charge in [-0.25, -0.2) is 0 Å². The Bertz CT molecular complexity index is 590. The Hall–Kier alpha value is -1.68. The molecular formula is C18H26N4. The lowest BCUT2D eigenvalue weighted by Gasteiger charge is -2.21. The molecule has 2 atom stereocenters. The van der Waals surface area contributed by atoms with Gasteiger partial charge in [0.05, 0.1) is 6.54 Å². The summed E-state index contributed by atoms with van der Waals surface area (Å²) in [4.78, 5) is 0. The molecule has 0 spiro atoms. The van der Waals surface area contributed by atoms with Gasteiger partial charge in [0.2, 0.25) is 0 Å². The average molecular weight is 298 g/mol. The Kier molecular flexibility index (Phi) is 4.88. The van der Waals surface area contributed by atoms with Crippen LogP contribution in [0.15, 0.2) is 30.3 Å². The fourth-order valence-electron chi connectivity index (χ4n) is 3.66. The fraction of sp³-hybridized carbons (Fsp3) is 0.556. The predicted octanol–water partition coefficient (Wildman–Crippen LogP) is 3.11. The van der Waals surface area contributed by atoms with Crippen LogP contribution in [0, 0.1) is 12.8 Å². The number of nitrogens with zero attached hydrogens (tertiary/aromatic N) is 3. The molecule has 0 radical (unpaired) electrons. The molecule has 0 bridgehead atoms. The topological polar surface area (TPSA) is 42.7 Å². The van der Waals surface area contributed by atoms with Gasteiger partial charge in [0.15, 0.2) is 0 Å². The second-order valence-corrected chi connectivity index (χ2v) is 6.28. The van der Waals surface area contributed by atoms with Gasteiger partial charge < -0.3 is 9.88 Å². The highest BCUT2D eigenvalue weighted by Gasteiger charge is 2.27. The van der Waals surface area contributed by atoms with Gasteiger partial charge in [-0.1, -0.05) is 36.8 Å². The Balaban J connectivity index is 1.59. The predicted molar refractivity (Wildman–Crippen MR) is 88.5 cm³/mol. The average Bonchev–Trinajstić information content (AvgIpc) is 3.12. The minimum Gasteiger partial charge on any atom is -0.314 e. The van der Waals surface area contributed by atoms with Crippen LogP contribution < -0.4 is 5.32 Å². The second-order valence-electron chi connectivity index (χ2n) is 6.28. The van der Waals surface area contributed by atoms with Crippen LogP contribution in [0.3, 0.4) is 0 Å². The van der Waals surface area contributed by atoms with Gasteiger partial charge in [0.25, 0.3) is 0 Å². The Morgan fingerprint density at radius 2 is 2.00 bits per heavy atom. The summed E-state index contributed by atoms with van der Waals surface area (Å²) < 4.78 is 2.19. The van der Waals surface area contributed by atoms with E-state index in [9.17, 15) is 0 Å². The molecule has 0 saturated heterocycles. The fourth-order valence-corrected chi connectivity index (χ4v) is 3.66. The van der Waals surface area contributed by atoms with Gasteiger partial charge in [-0.05, 0) is 44.6 Å². The van der Waals surface area contributed by atoms with E-state index >= 15 is 0 Å². The van der Waals surface area contributed by atoms with Gasteiger partial charge in [0, 0.05) is 12.6 Å². The normalized spacial score (nSPS) is 21.4. The van der Waals surface area contributed by atoms with Crippen molar-refractivity contribution in [3.05, 3.63) is 47.5 Å². The molecule has 1 aliphatic rings. The van der Waals surface area contributed by atoms with Crippen LogP contribution in [0.25, 0.3) is 0 Å². The van der Waals surface area contributed by atoms with E-state index in [1.165, 1.54) is 31.2 Å². The minimum atomic E-state index is 0.600.